The van der Waals surface area contributed by atoms with E-state index >= 15 is 0 Å². The van der Waals surface area contributed by atoms with Crippen molar-refractivity contribution in [2.45, 2.75) is 25.4 Å². The maximum absolute atomic E-state index is 4.29. The molecule has 2 heterocycles. The van der Waals surface area contributed by atoms with Crippen molar-refractivity contribution in [1.29, 1.82) is 0 Å². The van der Waals surface area contributed by atoms with Crippen LogP contribution in [0.15, 0.2) is 6.33 Å². The number of piperidine rings is 1. The van der Waals surface area contributed by atoms with Crippen LogP contribution in [0.5, 0.6) is 0 Å². The van der Waals surface area contributed by atoms with Gasteiger partial charge < -0.3 is 5.32 Å². The highest BCUT2D eigenvalue weighted by molar-refractivity contribution is 4.84. The molecule has 0 atom stereocenters. The third-order valence-corrected chi connectivity index (χ3v) is 3.01. The van der Waals surface area contributed by atoms with E-state index in [0.29, 0.717) is 6.04 Å². The number of nitrogens with zero attached hydrogens (tertiary/aromatic N) is 4. The summed E-state index contributed by atoms with van der Waals surface area (Å²) in [5, 5.41) is 7.62. The monoisotopic (exact) mass is 209 g/mol. The lowest BCUT2D eigenvalue weighted by atomic mass is 10.1. The third-order valence-electron chi connectivity index (χ3n) is 3.01. The molecule has 1 aromatic rings. The molecule has 1 aliphatic heterocycles. The second-order valence-electron chi connectivity index (χ2n) is 4.17. The number of hydrogen-bond acceptors (Lipinski definition) is 4. The molecular weight excluding hydrogens is 190 g/mol. The summed E-state index contributed by atoms with van der Waals surface area (Å²) in [5.41, 5.74) is 0. The molecule has 2 rings (SSSR count). The molecule has 1 aliphatic rings. The molecule has 1 fully saturated rings. The molecule has 0 radical (unpaired) electrons. The number of hydrogen-bond donors (Lipinski definition) is 1. The van der Waals surface area contributed by atoms with Gasteiger partial charge in [-0.15, -0.1) is 0 Å². The van der Waals surface area contributed by atoms with E-state index in [9.17, 15) is 0 Å². The summed E-state index contributed by atoms with van der Waals surface area (Å²) in [6, 6.07) is 0.693. The molecule has 0 bridgehead atoms. The minimum atomic E-state index is 0.693. The third kappa shape index (κ3) is 2.76. The van der Waals surface area contributed by atoms with Gasteiger partial charge in [0.05, 0.1) is 6.54 Å². The Morgan fingerprint density at radius 2 is 2.20 bits per heavy atom. The molecule has 1 aromatic heterocycles. The summed E-state index contributed by atoms with van der Waals surface area (Å²) in [4.78, 5) is 6.66. The largest absolute Gasteiger partial charge is 0.317 e. The van der Waals surface area contributed by atoms with Gasteiger partial charge in [-0.3, -0.25) is 9.58 Å². The summed E-state index contributed by atoms with van der Waals surface area (Å²) in [6.45, 7) is 3.17. The predicted molar refractivity (Wildman–Crippen MR) is 58.4 cm³/mol. The van der Waals surface area contributed by atoms with Crippen LogP contribution in [0.25, 0.3) is 0 Å². The topological polar surface area (TPSA) is 46.0 Å². The van der Waals surface area contributed by atoms with Crippen molar-refractivity contribution in [3.8, 4) is 0 Å². The minimum Gasteiger partial charge on any atom is -0.317 e. The number of nitrogens with one attached hydrogen (secondary N) is 1. The first-order chi connectivity index (χ1) is 7.28. The van der Waals surface area contributed by atoms with Crippen molar-refractivity contribution >= 4 is 0 Å². The first-order valence-corrected chi connectivity index (χ1v) is 5.52. The molecule has 0 unspecified atom stereocenters. The molecule has 84 valence electrons. The summed E-state index contributed by atoms with van der Waals surface area (Å²) in [6.07, 6.45) is 4.21. The number of rotatable bonds is 3. The van der Waals surface area contributed by atoms with Gasteiger partial charge in [0.2, 0.25) is 0 Å². The van der Waals surface area contributed by atoms with Crippen LogP contribution in [0.4, 0.5) is 0 Å². The van der Waals surface area contributed by atoms with Crippen molar-refractivity contribution in [1.82, 2.24) is 25.0 Å². The number of aryl methyl sites for hydroxylation is 1. The van der Waals surface area contributed by atoms with Gasteiger partial charge in [0, 0.05) is 26.2 Å². The number of aromatic nitrogens is 3. The highest BCUT2D eigenvalue weighted by Crippen LogP contribution is 2.11. The Kier molecular flexibility index (Phi) is 3.33. The smallest absolute Gasteiger partial charge is 0.164 e. The summed E-state index contributed by atoms with van der Waals surface area (Å²) >= 11 is 0. The van der Waals surface area contributed by atoms with Crippen molar-refractivity contribution in [3.05, 3.63) is 12.2 Å². The highest BCUT2D eigenvalue weighted by atomic mass is 15.3. The molecule has 0 amide bonds. The minimum absolute atomic E-state index is 0.693. The summed E-state index contributed by atoms with van der Waals surface area (Å²) < 4.78 is 1.76. The highest BCUT2D eigenvalue weighted by Gasteiger charge is 2.18. The quantitative estimate of drug-likeness (QED) is 0.761. The molecule has 15 heavy (non-hydrogen) atoms. The molecule has 1 N–H and O–H groups in total. The molecule has 0 aliphatic carbocycles. The molecule has 0 aromatic carbocycles. The lowest BCUT2D eigenvalue weighted by Gasteiger charge is -2.30. The van der Waals surface area contributed by atoms with E-state index in [0.717, 1.165) is 25.5 Å². The van der Waals surface area contributed by atoms with Crippen LogP contribution in [0.3, 0.4) is 0 Å². The van der Waals surface area contributed by atoms with E-state index in [4.69, 9.17) is 0 Å². The van der Waals surface area contributed by atoms with Gasteiger partial charge in [0.1, 0.15) is 6.33 Å². The fourth-order valence-corrected chi connectivity index (χ4v) is 2.04. The normalized spacial score (nSPS) is 19.6. The average Bonchev–Trinajstić information content (AvgIpc) is 2.65. The van der Waals surface area contributed by atoms with E-state index in [1.165, 1.54) is 12.8 Å². The summed E-state index contributed by atoms with van der Waals surface area (Å²) in [7, 11) is 3.95. The summed E-state index contributed by atoms with van der Waals surface area (Å²) in [5.74, 6) is 0.931. The SMILES string of the molecule is CNC1CCN(Cc2ncn(C)n2)CC1. The molecule has 0 saturated carbocycles. The molecule has 5 nitrogen and oxygen atoms in total. The fourth-order valence-electron chi connectivity index (χ4n) is 2.04. The van der Waals surface area contributed by atoms with Crippen molar-refractivity contribution < 1.29 is 0 Å². The van der Waals surface area contributed by atoms with Gasteiger partial charge in [0.15, 0.2) is 5.82 Å². The second kappa shape index (κ2) is 4.72. The van der Waals surface area contributed by atoms with Gasteiger partial charge in [-0.1, -0.05) is 0 Å². The van der Waals surface area contributed by atoms with Crippen LogP contribution in [0, 0.1) is 0 Å². The maximum atomic E-state index is 4.29. The van der Waals surface area contributed by atoms with Crippen LogP contribution >= 0.6 is 0 Å². The molecule has 0 spiro atoms. The Morgan fingerprint density at radius 1 is 1.47 bits per heavy atom. The van der Waals surface area contributed by atoms with Gasteiger partial charge in [-0.2, -0.15) is 5.10 Å². The molecule has 1 saturated heterocycles. The van der Waals surface area contributed by atoms with Crippen molar-refractivity contribution in [2.75, 3.05) is 20.1 Å². The van der Waals surface area contributed by atoms with E-state index < -0.39 is 0 Å². The van der Waals surface area contributed by atoms with E-state index in [-0.39, 0.29) is 0 Å². The van der Waals surface area contributed by atoms with Crippen molar-refractivity contribution in [3.63, 3.8) is 0 Å². The lowest BCUT2D eigenvalue weighted by Crippen LogP contribution is -2.40. The van der Waals surface area contributed by atoms with Gasteiger partial charge >= 0.3 is 0 Å². The Balaban J connectivity index is 1.82. The van der Waals surface area contributed by atoms with Gasteiger partial charge in [-0.05, 0) is 19.9 Å². The number of likely N-dealkylation sites (tertiary alicyclic amines) is 1. The van der Waals surface area contributed by atoms with E-state index in [1.54, 1.807) is 11.0 Å². The Hall–Kier alpha value is -0.940. The van der Waals surface area contributed by atoms with Crippen molar-refractivity contribution in [2.24, 2.45) is 7.05 Å². The second-order valence-corrected chi connectivity index (χ2v) is 4.17. The van der Waals surface area contributed by atoms with Crippen LogP contribution in [0.2, 0.25) is 0 Å². The van der Waals surface area contributed by atoms with Gasteiger partial charge in [0.25, 0.3) is 0 Å². The van der Waals surface area contributed by atoms with E-state index in [2.05, 4.69) is 20.3 Å². The zero-order valence-corrected chi connectivity index (χ0v) is 9.48. The average molecular weight is 209 g/mol. The first-order valence-electron chi connectivity index (χ1n) is 5.52. The van der Waals surface area contributed by atoms with Gasteiger partial charge in [-0.25, -0.2) is 4.98 Å². The zero-order valence-electron chi connectivity index (χ0n) is 9.48. The Morgan fingerprint density at radius 3 is 2.73 bits per heavy atom. The van der Waals surface area contributed by atoms with Crippen LogP contribution in [0.1, 0.15) is 18.7 Å². The lowest BCUT2D eigenvalue weighted by molar-refractivity contribution is 0.190. The Bertz CT molecular complexity index is 301. The van der Waals surface area contributed by atoms with Crippen LogP contribution in [-0.2, 0) is 13.6 Å². The fraction of sp³-hybridized carbons (Fsp3) is 0.800. The van der Waals surface area contributed by atoms with Crippen LogP contribution < -0.4 is 5.32 Å². The Labute approximate surface area is 90.5 Å². The zero-order chi connectivity index (χ0) is 10.7. The van der Waals surface area contributed by atoms with Crippen LogP contribution in [-0.4, -0.2) is 45.8 Å². The standard InChI is InChI=1S/C10H19N5/c1-11-9-3-5-15(6-4-9)7-10-12-8-14(2)13-10/h8-9,11H,3-7H2,1-2H3. The van der Waals surface area contributed by atoms with E-state index in [1.807, 2.05) is 14.1 Å². The predicted octanol–water partition coefficient (Wildman–Crippen LogP) is -0.00110. The first kappa shape index (κ1) is 10.6. The molecule has 5 heteroatoms. The molecular formula is C10H19N5. The maximum Gasteiger partial charge on any atom is 0.164 e.